The smallest absolute Gasteiger partial charge is 0.263 e. The van der Waals surface area contributed by atoms with E-state index in [0.717, 1.165) is 35.2 Å². The van der Waals surface area contributed by atoms with Crippen molar-refractivity contribution in [3.8, 4) is 0 Å². The van der Waals surface area contributed by atoms with E-state index in [9.17, 15) is 18.7 Å². The van der Waals surface area contributed by atoms with E-state index in [1.807, 2.05) is 0 Å². The second-order valence-corrected chi connectivity index (χ2v) is 7.17. The van der Waals surface area contributed by atoms with Crippen LogP contribution in [0.25, 0.3) is 0 Å². The van der Waals surface area contributed by atoms with E-state index in [4.69, 9.17) is 0 Å². The van der Waals surface area contributed by atoms with Crippen molar-refractivity contribution in [1.82, 2.24) is 15.2 Å². The number of anilines is 1. The minimum atomic E-state index is -1.48. The first-order chi connectivity index (χ1) is 11.8. The fourth-order valence-corrected chi connectivity index (χ4v) is 3.72. The molecule has 1 atom stereocenters. The molecule has 2 N–H and O–H groups in total. The van der Waals surface area contributed by atoms with E-state index >= 15 is 0 Å². The average Bonchev–Trinajstić information content (AvgIpc) is 3.17. The molecule has 0 bridgehead atoms. The van der Waals surface area contributed by atoms with Crippen molar-refractivity contribution < 1.29 is 18.7 Å². The van der Waals surface area contributed by atoms with Crippen LogP contribution in [0.5, 0.6) is 0 Å². The van der Waals surface area contributed by atoms with E-state index in [1.54, 1.807) is 12.3 Å². The molecule has 3 rings (SSSR count). The Morgan fingerprint density at radius 3 is 2.52 bits per heavy atom. The highest BCUT2D eigenvalue weighted by Gasteiger charge is 2.33. The number of halogens is 2. The van der Waals surface area contributed by atoms with Crippen LogP contribution in [0.3, 0.4) is 0 Å². The summed E-state index contributed by atoms with van der Waals surface area (Å²) < 4.78 is 27.3. The topological polar surface area (TPSA) is 88.0 Å². The van der Waals surface area contributed by atoms with E-state index in [2.05, 4.69) is 20.5 Å². The zero-order chi connectivity index (χ0) is 18.2. The molecule has 2 heterocycles. The average molecular weight is 382 g/mol. The van der Waals surface area contributed by atoms with Crippen LogP contribution in [0.15, 0.2) is 23.6 Å². The summed E-state index contributed by atoms with van der Waals surface area (Å²) in [7, 11) is 0. The number of carbonyl (C=O) groups is 1. The minimum absolute atomic E-state index is 0.0104. The number of thiazole rings is 1. The van der Waals surface area contributed by atoms with Gasteiger partial charge in [-0.25, -0.2) is 13.8 Å². The predicted molar refractivity (Wildman–Crippen MR) is 89.7 cm³/mol. The van der Waals surface area contributed by atoms with Gasteiger partial charge in [-0.15, -0.1) is 21.5 Å². The number of aryl methyl sites for hydroxylation is 1. The number of hydrogen-bond acceptors (Lipinski definition) is 7. The molecule has 0 saturated carbocycles. The molecular weight excluding hydrogens is 370 g/mol. The lowest BCUT2D eigenvalue weighted by molar-refractivity contribution is 0.100. The molecule has 3 aromatic rings. The third-order valence-corrected chi connectivity index (χ3v) is 5.51. The first-order valence-corrected chi connectivity index (χ1v) is 8.73. The quantitative estimate of drug-likeness (QED) is 0.724. The summed E-state index contributed by atoms with van der Waals surface area (Å²) in [4.78, 5) is 16.3. The summed E-state index contributed by atoms with van der Waals surface area (Å²) in [6.07, 6.45) is 0. The molecule has 1 amide bonds. The van der Waals surface area contributed by atoms with E-state index in [-0.39, 0.29) is 10.1 Å². The first-order valence-electron chi connectivity index (χ1n) is 7.03. The molecule has 0 saturated heterocycles. The van der Waals surface area contributed by atoms with Crippen molar-refractivity contribution in [2.45, 2.75) is 19.4 Å². The van der Waals surface area contributed by atoms with Crippen LogP contribution < -0.4 is 5.32 Å². The number of hydrogen-bond donors (Lipinski definition) is 2. The summed E-state index contributed by atoms with van der Waals surface area (Å²) in [5, 5.41) is 23.0. The van der Waals surface area contributed by atoms with E-state index in [0.29, 0.717) is 5.01 Å². The number of benzene rings is 1. The Morgan fingerprint density at radius 2 is 1.92 bits per heavy atom. The first kappa shape index (κ1) is 17.5. The summed E-state index contributed by atoms with van der Waals surface area (Å²) in [5.74, 6) is -2.94. The highest BCUT2D eigenvalue weighted by Crippen LogP contribution is 2.34. The molecule has 0 aliphatic rings. The Labute approximate surface area is 149 Å². The maximum Gasteiger partial charge on any atom is 0.263 e. The second kappa shape index (κ2) is 6.54. The third kappa shape index (κ3) is 3.41. The number of nitrogens with zero attached hydrogens (tertiary/aromatic N) is 3. The Kier molecular flexibility index (Phi) is 4.58. The molecular formula is C15H12F2N4O2S2. The maximum absolute atomic E-state index is 13.6. The zero-order valence-electron chi connectivity index (χ0n) is 13.1. The molecule has 2 aromatic heterocycles. The van der Waals surface area contributed by atoms with Crippen LogP contribution in [0.4, 0.5) is 13.9 Å². The number of amides is 1. The summed E-state index contributed by atoms with van der Waals surface area (Å²) in [6, 6.07) is 3.13. The van der Waals surface area contributed by atoms with Crippen LogP contribution in [0.1, 0.15) is 33.0 Å². The van der Waals surface area contributed by atoms with Crippen molar-refractivity contribution in [1.29, 1.82) is 0 Å². The van der Waals surface area contributed by atoms with Crippen LogP contribution in [0, 0.1) is 18.6 Å². The van der Waals surface area contributed by atoms with Crippen LogP contribution in [-0.2, 0) is 5.60 Å². The monoisotopic (exact) mass is 382 g/mol. The number of rotatable bonds is 4. The molecule has 10 heteroatoms. The van der Waals surface area contributed by atoms with Gasteiger partial charge in [0.25, 0.3) is 5.91 Å². The van der Waals surface area contributed by atoms with Gasteiger partial charge in [0.15, 0.2) is 10.6 Å². The van der Waals surface area contributed by atoms with Crippen molar-refractivity contribution in [2.24, 2.45) is 0 Å². The van der Waals surface area contributed by atoms with Crippen molar-refractivity contribution in [3.05, 3.63) is 56.5 Å². The molecule has 130 valence electrons. The number of aliphatic hydroxyl groups is 1. The standard InChI is InChI=1S/C15H12F2N4O2S2/c1-7-6-24-12(18-7)15(2,23)13-20-21-14(25-13)19-11(22)10-8(16)4-3-5-9(10)17/h3-6,23H,1-2H3,(H,19,21,22). The van der Waals surface area contributed by atoms with E-state index in [1.165, 1.54) is 18.3 Å². The van der Waals surface area contributed by atoms with Crippen molar-refractivity contribution >= 4 is 33.7 Å². The van der Waals surface area contributed by atoms with Gasteiger partial charge in [0.1, 0.15) is 22.2 Å². The minimum Gasteiger partial charge on any atom is -0.376 e. The van der Waals surface area contributed by atoms with Gasteiger partial charge in [0, 0.05) is 11.1 Å². The van der Waals surface area contributed by atoms with Gasteiger partial charge in [-0.3, -0.25) is 10.1 Å². The lowest BCUT2D eigenvalue weighted by Gasteiger charge is -2.16. The molecule has 0 radical (unpaired) electrons. The molecule has 0 fully saturated rings. The molecule has 6 nitrogen and oxygen atoms in total. The van der Waals surface area contributed by atoms with Gasteiger partial charge in [-0.1, -0.05) is 17.4 Å². The second-order valence-electron chi connectivity index (χ2n) is 5.33. The normalized spacial score (nSPS) is 13.5. The highest BCUT2D eigenvalue weighted by atomic mass is 32.1. The Hall–Kier alpha value is -2.30. The van der Waals surface area contributed by atoms with Gasteiger partial charge in [0.2, 0.25) is 5.13 Å². The van der Waals surface area contributed by atoms with Crippen LogP contribution in [-0.4, -0.2) is 26.2 Å². The predicted octanol–water partition coefficient (Wildman–Crippen LogP) is 3.09. The van der Waals surface area contributed by atoms with Crippen molar-refractivity contribution in [2.75, 3.05) is 5.32 Å². The number of carbonyl (C=O) groups excluding carboxylic acids is 1. The summed E-state index contributed by atoms with van der Waals surface area (Å²) in [6.45, 7) is 3.30. The summed E-state index contributed by atoms with van der Waals surface area (Å²) in [5.41, 5.74) is -1.43. The van der Waals surface area contributed by atoms with Gasteiger partial charge in [-0.2, -0.15) is 0 Å². The molecule has 0 aliphatic carbocycles. The largest absolute Gasteiger partial charge is 0.376 e. The van der Waals surface area contributed by atoms with E-state index < -0.39 is 28.7 Å². The molecule has 1 unspecified atom stereocenters. The molecule has 25 heavy (non-hydrogen) atoms. The highest BCUT2D eigenvalue weighted by molar-refractivity contribution is 7.16. The van der Waals surface area contributed by atoms with Crippen molar-refractivity contribution in [3.63, 3.8) is 0 Å². The molecule has 0 spiro atoms. The fraction of sp³-hybridized carbons (Fsp3) is 0.200. The zero-order valence-corrected chi connectivity index (χ0v) is 14.7. The lowest BCUT2D eigenvalue weighted by atomic mass is 10.1. The van der Waals surface area contributed by atoms with Gasteiger partial charge >= 0.3 is 0 Å². The Bertz CT molecular complexity index is 919. The fourth-order valence-electron chi connectivity index (χ4n) is 2.01. The van der Waals surface area contributed by atoms with Gasteiger partial charge in [-0.05, 0) is 26.0 Å². The lowest BCUT2D eigenvalue weighted by Crippen LogP contribution is -2.22. The van der Waals surface area contributed by atoms with Gasteiger partial charge < -0.3 is 5.11 Å². The Balaban J connectivity index is 1.83. The van der Waals surface area contributed by atoms with Crippen LogP contribution >= 0.6 is 22.7 Å². The molecule has 0 aliphatic heterocycles. The maximum atomic E-state index is 13.6. The SMILES string of the molecule is Cc1csc(C(C)(O)c2nnc(NC(=O)c3c(F)cccc3F)s2)n1. The van der Waals surface area contributed by atoms with Crippen LogP contribution in [0.2, 0.25) is 0 Å². The number of nitrogens with one attached hydrogen (secondary N) is 1. The van der Waals surface area contributed by atoms with Gasteiger partial charge in [0.05, 0.1) is 0 Å². The Morgan fingerprint density at radius 1 is 1.24 bits per heavy atom. The molecule has 1 aromatic carbocycles. The number of aromatic nitrogens is 3. The summed E-state index contributed by atoms with van der Waals surface area (Å²) >= 11 is 2.16. The third-order valence-electron chi connectivity index (χ3n) is 3.29.